The summed E-state index contributed by atoms with van der Waals surface area (Å²) < 4.78 is 1.62. The third-order valence-electron chi connectivity index (χ3n) is 2.89. The smallest absolute Gasteiger partial charge is 0.197 e. The van der Waals surface area contributed by atoms with E-state index in [1.807, 2.05) is 60.7 Å². The van der Waals surface area contributed by atoms with Crippen LogP contribution in [-0.2, 0) is 0 Å². The molecule has 0 bridgehead atoms. The molecule has 0 aliphatic rings. The maximum absolute atomic E-state index is 4.46. The Morgan fingerprint density at radius 1 is 0.650 bits per heavy atom. The summed E-state index contributed by atoms with van der Waals surface area (Å²) >= 11 is 6.88. The molecule has 0 aliphatic carbocycles. The van der Waals surface area contributed by atoms with Crippen LogP contribution in [0.15, 0.2) is 69.9 Å². The second kappa shape index (κ2) is 5.85. The lowest BCUT2D eigenvalue weighted by Gasteiger charge is -2.06. The Kier molecular flexibility index (Phi) is 3.94. The molecule has 1 aromatic heterocycles. The highest BCUT2D eigenvalue weighted by Gasteiger charge is 2.07. The zero-order valence-corrected chi connectivity index (χ0v) is 13.6. The van der Waals surface area contributed by atoms with Crippen molar-refractivity contribution in [1.82, 2.24) is 9.97 Å². The Bertz CT molecular complexity index is 742. The van der Waals surface area contributed by atoms with Crippen LogP contribution in [0, 0.1) is 0 Å². The molecule has 0 N–H and O–H groups in total. The van der Waals surface area contributed by atoms with Gasteiger partial charge in [0.15, 0.2) is 4.73 Å². The van der Waals surface area contributed by atoms with Crippen LogP contribution in [-0.4, -0.2) is 9.97 Å². The fourth-order valence-corrected chi connectivity index (χ4v) is 2.75. The maximum Gasteiger partial charge on any atom is 0.197 e. The van der Waals surface area contributed by atoms with E-state index in [0.29, 0.717) is 4.73 Å². The Morgan fingerprint density at radius 3 is 2.00 bits per heavy atom. The van der Waals surface area contributed by atoms with Crippen LogP contribution in [0.2, 0.25) is 0 Å². The monoisotopic (exact) mass is 388 g/mol. The van der Waals surface area contributed by atoms with E-state index in [4.69, 9.17) is 0 Å². The van der Waals surface area contributed by atoms with Gasteiger partial charge >= 0.3 is 0 Å². The summed E-state index contributed by atoms with van der Waals surface area (Å²) in [5, 5.41) is 0. The van der Waals surface area contributed by atoms with Crippen molar-refractivity contribution in [2.45, 2.75) is 0 Å². The number of aromatic nitrogens is 2. The molecule has 0 radical (unpaired) electrons. The number of nitrogens with zero attached hydrogens (tertiary/aromatic N) is 2. The molecule has 0 amide bonds. The number of halogens is 2. The van der Waals surface area contributed by atoms with Gasteiger partial charge in [-0.15, -0.1) is 0 Å². The van der Waals surface area contributed by atoms with Crippen LogP contribution in [0.4, 0.5) is 0 Å². The van der Waals surface area contributed by atoms with Crippen molar-refractivity contribution in [3.05, 3.63) is 69.9 Å². The first-order chi connectivity index (χ1) is 9.72. The molecule has 0 spiro atoms. The normalized spacial score (nSPS) is 10.5. The Balaban J connectivity index is 2.12. The highest BCUT2D eigenvalue weighted by atomic mass is 79.9. The van der Waals surface area contributed by atoms with Crippen LogP contribution in [0.3, 0.4) is 0 Å². The average Bonchev–Trinajstić information content (AvgIpc) is 2.47. The average molecular weight is 390 g/mol. The van der Waals surface area contributed by atoms with E-state index >= 15 is 0 Å². The fourth-order valence-electron chi connectivity index (χ4n) is 1.97. The maximum atomic E-state index is 4.46. The topological polar surface area (TPSA) is 25.8 Å². The minimum Gasteiger partial charge on any atom is -0.222 e. The van der Waals surface area contributed by atoms with Crippen molar-refractivity contribution in [3.63, 3.8) is 0 Å². The largest absolute Gasteiger partial charge is 0.222 e. The van der Waals surface area contributed by atoms with Gasteiger partial charge in [0.1, 0.15) is 0 Å². The second-order valence-electron chi connectivity index (χ2n) is 4.28. The molecule has 4 heteroatoms. The molecule has 3 rings (SSSR count). The third kappa shape index (κ3) is 2.97. The molecule has 20 heavy (non-hydrogen) atoms. The van der Waals surface area contributed by atoms with E-state index < -0.39 is 0 Å². The zero-order chi connectivity index (χ0) is 13.9. The molecular formula is C16H10Br2N2. The van der Waals surface area contributed by atoms with E-state index in [1.165, 1.54) is 0 Å². The quantitative estimate of drug-likeness (QED) is 0.553. The molecule has 0 aliphatic heterocycles. The number of benzene rings is 2. The summed E-state index contributed by atoms with van der Waals surface area (Å²) in [5.41, 5.74) is 3.93. The molecule has 3 aromatic rings. The van der Waals surface area contributed by atoms with Crippen molar-refractivity contribution >= 4 is 31.9 Å². The van der Waals surface area contributed by atoms with Gasteiger partial charge in [0.25, 0.3) is 0 Å². The molecule has 2 aromatic carbocycles. The van der Waals surface area contributed by atoms with Gasteiger partial charge in [-0.05, 0) is 34.1 Å². The summed E-state index contributed by atoms with van der Waals surface area (Å²) in [7, 11) is 0. The molecule has 2 nitrogen and oxygen atoms in total. The summed E-state index contributed by atoms with van der Waals surface area (Å²) in [6.45, 7) is 0. The highest BCUT2D eigenvalue weighted by molar-refractivity contribution is 9.10. The number of hydrogen-bond acceptors (Lipinski definition) is 2. The van der Waals surface area contributed by atoms with E-state index in [0.717, 1.165) is 27.0 Å². The fraction of sp³-hybridized carbons (Fsp3) is 0. The van der Waals surface area contributed by atoms with Gasteiger partial charge in [-0.2, -0.15) is 0 Å². The van der Waals surface area contributed by atoms with Crippen LogP contribution in [0.5, 0.6) is 0 Å². The number of rotatable bonds is 2. The van der Waals surface area contributed by atoms with Crippen LogP contribution in [0.1, 0.15) is 0 Å². The number of hydrogen-bond donors (Lipinski definition) is 0. The van der Waals surface area contributed by atoms with E-state index in [9.17, 15) is 0 Å². The van der Waals surface area contributed by atoms with Crippen molar-refractivity contribution < 1.29 is 0 Å². The third-order valence-corrected chi connectivity index (χ3v) is 3.74. The summed E-state index contributed by atoms with van der Waals surface area (Å²) in [6, 6.07) is 20.2. The van der Waals surface area contributed by atoms with Gasteiger partial charge in [0.2, 0.25) is 0 Å². The van der Waals surface area contributed by atoms with Gasteiger partial charge in [-0.1, -0.05) is 58.4 Å². The standard InChI is InChI=1S/C16H10Br2N2/c17-13-8-4-7-12(9-13)15-10-14(19-16(18)20-15)11-5-2-1-3-6-11/h1-10H. The first-order valence-corrected chi connectivity index (χ1v) is 7.67. The van der Waals surface area contributed by atoms with Gasteiger partial charge in [-0.25, -0.2) is 9.97 Å². The molecule has 0 unspecified atom stereocenters. The summed E-state index contributed by atoms with van der Waals surface area (Å²) in [6.07, 6.45) is 0. The summed E-state index contributed by atoms with van der Waals surface area (Å²) in [4.78, 5) is 8.90. The highest BCUT2D eigenvalue weighted by Crippen LogP contribution is 2.26. The van der Waals surface area contributed by atoms with Gasteiger partial charge in [0.05, 0.1) is 11.4 Å². The Hall–Kier alpha value is -1.52. The van der Waals surface area contributed by atoms with Crippen molar-refractivity contribution in [3.8, 4) is 22.5 Å². The molecule has 0 atom stereocenters. The van der Waals surface area contributed by atoms with E-state index in [1.54, 1.807) is 0 Å². The predicted molar refractivity (Wildman–Crippen MR) is 88.3 cm³/mol. The predicted octanol–water partition coefficient (Wildman–Crippen LogP) is 5.34. The van der Waals surface area contributed by atoms with Gasteiger partial charge in [0, 0.05) is 15.6 Å². The molecule has 0 fully saturated rings. The lowest BCUT2D eigenvalue weighted by molar-refractivity contribution is 1.12. The van der Waals surface area contributed by atoms with E-state index in [2.05, 4.69) is 41.8 Å². The van der Waals surface area contributed by atoms with Crippen molar-refractivity contribution in [2.75, 3.05) is 0 Å². The summed E-state index contributed by atoms with van der Waals surface area (Å²) in [5.74, 6) is 0. The second-order valence-corrected chi connectivity index (χ2v) is 5.91. The first kappa shape index (κ1) is 13.5. The van der Waals surface area contributed by atoms with Gasteiger partial charge < -0.3 is 0 Å². The van der Waals surface area contributed by atoms with Crippen molar-refractivity contribution in [1.29, 1.82) is 0 Å². The van der Waals surface area contributed by atoms with Gasteiger partial charge in [-0.3, -0.25) is 0 Å². The van der Waals surface area contributed by atoms with Crippen molar-refractivity contribution in [2.24, 2.45) is 0 Å². The Labute approximate surface area is 134 Å². The van der Waals surface area contributed by atoms with Crippen LogP contribution >= 0.6 is 31.9 Å². The lowest BCUT2D eigenvalue weighted by Crippen LogP contribution is -1.92. The van der Waals surface area contributed by atoms with Crippen LogP contribution in [0.25, 0.3) is 22.5 Å². The Morgan fingerprint density at radius 2 is 1.30 bits per heavy atom. The van der Waals surface area contributed by atoms with Crippen LogP contribution < -0.4 is 0 Å². The van der Waals surface area contributed by atoms with E-state index in [-0.39, 0.29) is 0 Å². The minimum absolute atomic E-state index is 0.592. The molecule has 1 heterocycles. The molecule has 0 saturated heterocycles. The first-order valence-electron chi connectivity index (χ1n) is 6.08. The molecular weight excluding hydrogens is 380 g/mol. The lowest BCUT2D eigenvalue weighted by atomic mass is 10.1. The zero-order valence-electron chi connectivity index (χ0n) is 10.4. The molecule has 0 saturated carbocycles. The molecule has 98 valence electrons. The minimum atomic E-state index is 0.592. The SMILES string of the molecule is Brc1cccc(-c2cc(-c3ccccc3)nc(Br)n2)c1.